The third-order valence-corrected chi connectivity index (χ3v) is 5.68. The van der Waals surface area contributed by atoms with Crippen LogP contribution in [0, 0.1) is 0 Å². The molecule has 0 bridgehead atoms. The fourth-order valence-corrected chi connectivity index (χ4v) is 4.41. The van der Waals surface area contributed by atoms with Crippen LogP contribution in [0.2, 0.25) is 0 Å². The SMILES string of the molecule is CCOc1ccc(CCN=C2NS(=O)(=O)C(c3ccccc3)=C2C)cc1. The highest BCUT2D eigenvalue weighted by Gasteiger charge is 2.32. The molecule has 3 rings (SSSR count). The number of sulfonamides is 1. The van der Waals surface area contributed by atoms with Crippen molar-refractivity contribution in [2.24, 2.45) is 4.99 Å². The predicted molar refractivity (Wildman–Crippen MR) is 105 cm³/mol. The first-order valence-corrected chi connectivity index (χ1v) is 10.1. The molecule has 26 heavy (non-hydrogen) atoms. The Morgan fingerprint density at radius 2 is 1.73 bits per heavy atom. The van der Waals surface area contributed by atoms with Gasteiger partial charge in [-0.2, -0.15) is 0 Å². The minimum absolute atomic E-state index is 0.304. The van der Waals surface area contributed by atoms with E-state index in [0.29, 0.717) is 35.0 Å². The molecule has 0 saturated carbocycles. The Hall–Kier alpha value is -2.60. The molecule has 0 saturated heterocycles. The van der Waals surface area contributed by atoms with Gasteiger partial charge in [0.2, 0.25) is 0 Å². The second kappa shape index (κ2) is 7.74. The summed E-state index contributed by atoms with van der Waals surface area (Å²) in [6.07, 6.45) is 0.728. The monoisotopic (exact) mass is 370 g/mol. The smallest absolute Gasteiger partial charge is 0.264 e. The Morgan fingerprint density at radius 3 is 2.38 bits per heavy atom. The van der Waals surface area contributed by atoms with Crippen molar-refractivity contribution in [2.45, 2.75) is 20.3 Å². The maximum atomic E-state index is 12.5. The van der Waals surface area contributed by atoms with E-state index in [1.54, 1.807) is 19.1 Å². The molecule has 6 heteroatoms. The minimum atomic E-state index is -3.56. The second-order valence-corrected chi connectivity index (χ2v) is 7.60. The Morgan fingerprint density at radius 1 is 1.04 bits per heavy atom. The van der Waals surface area contributed by atoms with E-state index in [-0.39, 0.29) is 0 Å². The molecule has 0 aliphatic carbocycles. The largest absolute Gasteiger partial charge is 0.494 e. The van der Waals surface area contributed by atoms with Gasteiger partial charge in [0.05, 0.1) is 6.61 Å². The van der Waals surface area contributed by atoms with Crippen LogP contribution in [-0.4, -0.2) is 27.4 Å². The lowest BCUT2D eigenvalue weighted by atomic mass is 10.1. The zero-order valence-corrected chi connectivity index (χ0v) is 15.7. The minimum Gasteiger partial charge on any atom is -0.494 e. The lowest BCUT2D eigenvalue weighted by Crippen LogP contribution is -2.24. The van der Waals surface area contributed by atoms with Crippen molar-refractivity contribution < 1.29 is 13.2 Å². The predicted octanol–water partition coefficient (Wildman–Crippen LogP) is 3.39. The van der Waals surface area contributed by atoms with Gasteiger partial charge in [-0.05, 0) is 43.5 Å². The Kier molecular flexibility index (Phi) is 5.42. The van der Waals surface area contributed by atoms with E-state index in [1.807, 2.05) is 49.4 Å². The van der Waals surface area contributed by atoms with E-state index in [2.05, 4.69) is 9.71 Å². The number of benzene rings is 2. The molecule has 136 valence electrons. The molecule has 2 aromatic rings. The van der Waals surface area contributed by atoms with Crippen LogP contribution >= 0.6 is 0 Å². The average molecular weight is 370 g/mol. The Labute approximate surface area is 154 Å². The van der Waals surface area contributed by atoms with Crippen LogP contribution in [0.5, 0.6) is 5.75 Å². The van der Waals surface area contributed by atoms with Crippen molar-refractivity contribution in [1.82, 2.24) is 4.72 Å². The van der Waals surface area contributed by atoms with Gasteiger partial charge in [0.25, 0.3) is 10.0 Å². The summed E-state index contributed by atoms with van der Waals surface area (Å²) >= 11 is 0. The molecular weight excluding hydrogens is 348 g/mol. The van der Waals surface area contributed by atoms with E-state index in [0.717, 1.165) is 17.7 Å². The lowest BCUT2D eigenvalue weighted by molar-refractivity contribution is 0.340. The average Bonchev–Trinajstić information content (AvgIpc) is 2.86. The quantitative estimate of drug-likeness (QED) is 0.847. The summed E-state index contributed by atoms with van der Waals surface area (Å²) in [5.74, 6) is 1.27. The molecular formula is C20H22N2O3S. The number of rotatable bonds is 6. The van der Waals surface area contributed by atoms with Crippen LogP contribution in [0.1, 0.15) is 25.0 Å². The molecule has 1 heterocycles. The molecule has 1 aliphatic rings. The van der Waals surface area contributed by atoms with Crippen molar-refractivity contribution in [3.63, 3.8) is 0 Å². The first-order chi connectivity index (χ1) is 12.5. The molecule has 5 nitrogen and oxygen atoms in total. The number of aliphatic imine (C=N–C) groups is 1. The van der Waals surface area contributed by atoms with Crippen LogP contribution in [-0.2, 0) is 16.4 Å². The number of hydrogen-bond acceptors (Lipinski definition) is 4. The first-order valence-electron chi connectivity index (χ1n) is 8.57. The normalized spacial score (nSPS) is 17.4. The van der Waals surface area contributed by atoms with E-state index in [4.69, 9.17) is 4.74 Å². The summed E-state index contributed by atoms with van der Waals surface area (Å²) in [4.78, 5) is 4.77. The number of nitrogens with zero attached hydrogens (tertiary/aromatic N) is 1. The van der Waals surface area contributed by atoms with Gasteiger partial charge in [-0.15, -0.1) is 0 Å². The van der Waals surface area contributed by atoms with Gasteiger partial charge in [0.15, 0.2) is 0 Å². The summed E-state index contributed by atoms with van der Waals surface area (Å²) in [7, 11) is -3.56. The highest BCUT2D eigenvalue weighted by Crippen LogP contribution is 2.29. The van der Waals surface area contributed by atoms with Gasteiger partial charge in [-0.3, -0.25) is 9.71 Å². The lowest BCUT2D eigenvalue weighted by Gasteiger charge is -2.04. The molecule has 0 unspecified atom stereocenters. The van der Waals surface area contributed by atoms with Crippen LogP contribution in [0.25, 0.3) is 4.91 Å². The fourth-order valence-electron chi connectivity index (χ4n) is 2.89. The number of hydrogen-bond donors (Lipinski definition) is 1. The van der Waals surface area contributed by atoms with Gasteiger partial charge in [0, 0.05) is 12.1 Å². The van der Waals surface area contributed by atoms with Crippen molar-refractivity contribution in [3.05, 3.63) is 71.3 Å². The summed E-state index contributed by atoms with van der Waals surface area (Å²) in [6, 6.07) is 17.0. The van der Waals surface area contributed by atoms with Gasteiger partial charge < -0.3 is 4.74 Å². The van der Waals surface area contributed by atoms with E-state index < -0.39 is 10.0 Å². The first kappa shape index (κ1) is 18.2. The summed E-state index contributed by atoms with van der Waals surface area (Å²) in [6.45, 7) is 4.88. The number of nitrogens with one attached hydrogen (secondary N) is 1. The Bertz CT molecular complexity index is 931. The topological polar surface area (TPSA) is 67.8 Å². The third kappa shape index (κ3) is 3.96. The standard InChI is InChI=1S/C20H22N2O3S/c1-3-25-18-11-9-16(10-12-18)13-14-21-20-15(2)19(26(23,24)22-20)17-7-5-4-6-8-17/h4-12H,3,13-14H2,1-2H3,(H,21,22). The molecule has 0 spiro atoms. The Balaban J connectivity index is 1.74. The fraction of sp³-hybridized carbons (Fsp3) is 0.250. The van der Waals surface area contributed by atoms with Crippen molar-refractivity contribution in [1.29, 1.82) is 0 Å². The highest BCUT2D eigenvalue weighted by atomic mass is 32.2. The number of ether oxygens (including phenoxy) is 1. The van der Waals surface area contributed by atoms with Gasteiger partial charge in [-0.25, -0.2) is 8.42 Å². The van der Waals surface area contributed by atoms with Crippen LogP contribution in [0.15, 0.2) is 65.2 Å². The molecule has 0 fully saturated rings. The highest BCUT2D eigenvalue weighted by molar-refractivity contribution is 8.00. The van der Waals surface area contributed by atoms with Crippen LogP contribution < -0.4 is 9.46 Å². The van der Waals surface area contributed by atoms with Gasteiger partial charge in [-0.1, -0.05) is 42.5 Å². The molecule has 0 amide bonds. The van der Waals surface area contributed by atoms with Crippen LogP contribution in [0.4, 0.5) is 0 Å². The molecule has 1 N–H and O–H groups in total. The summed E-state index contributed by atoms with van der Waals surface area (Å²) in [5, 5.41) is 0. The molecule has 2 aromatic carbocycles. The molecule has 1 aliphatic heterocycles. The van der Waals surface area contributed by atoms with E-state index in [1.165, 1.54) is 0 Å². The second-order valence-electron chi connectivity index (χ2n) is 5.98. The van der Waals surface area contributed by atoms with Gasteiger partial charge >= 0.3 is 0 Å². The summed E-state index contributed by atoms with van der Waals surface area (Å²) in [5.41, 5.74) is 2.46. The van der Waals surface area contributed by atoms with E-state index >= 15 is 0 Å². The van der Waals surface area contributed by atoms with E-state index in [9.17, 15) is 8.42 Å². The molecule has 0 aromatic heterocycles. The summed E-state index contributed by atoms with van der Waals surface area (Å²) < 4.78 is 32.9. The van der Waals surface area contributed by atoms with Crippen molar-refractivity contribution >= 4 is 20.8 Å². The van der Waals surface area contributed by atoms with Gasteiger partial charge in [0.1, 0.15) is 16.5 Å². The van der Waals surface area contributed by atoms with Crippen LogP contribution in [0.3, 0.4) is 0 Å². The zero-order chi connectivity index (χ0) is 18.6. The van der Waals surface area contributed by atoms with Crippen molar-refractivity contribution in [2.75, 3.05) is 13.2 Å². The number of amidine groups is 1. The third-order valence-electron chi connectivity index (χ3n) is 4.14. The molecule has 0 atom stereocenters. The van der Waals surface area contributed by atoms with Crippen molar-refractivity contribution in [3.8, 4) is 5.75 Å². The maximum Gasteiger partial charge on any atom is 0.264 e. The maximum absolute atomic E-state index is 12.5. The molecule has 0 radical (unpaired) electrons. The zero-order valence-electron chi connectivity index (χ0n) is 14.9.